The Labute approximate surface area is 127 Å². The molecule has 0 fully saturated rings. The summed E-state index contributed by atoms with van der Waals surface area (Å²) in [5.41, 5.74) is 7.57. The zero-order valence-electron chi connectivity index (χ0n) is 13.4. The van der Waals surface area contributed by atoms with Crippen LogP contribution in [0.3, 0.4) is 0 Å². The number of nitrogen functional groups attached to an aromatic ring is 1. The molecule has 0 saturated carbocycles. The molecule has 0 aromatic heterocycles. The molecule has 120 valence electrons. The summed E-state index contributed by atoms with van der Waals surface area (Å²) in [6, 6.07) is 3.18. The Hall–Kier alpha value is -1.11. The van der Waals surface area contributed by atoms with Crippen LogP contribution in [0.15, 0.2) is 17.0 Å². The molecule has 4 N–H and O–H groups in total. The molecule has 6 heteroatoms. The van der Waals surface area contributed by atoms with Crippen LogP contribution in [-0.4, -0.2) is 26.2 Å². The van der Waals surface area contributed by atoms with Crippen molar-refractivity contribution in [3.63, 3.8) is 0 Å². The molecule has 5 nitrogen and oxygen atoms in total. The fourth-order valence-corrected chi connectivity index (χ4v) is 3.62. The maximum Gasteiger partial charge on any atom is 0.241 e. The number of anilines is 1. The summed E-state index contributed by atoms with van der Waals surface area (Å²) < 4.78 is 27.2. The highest BCUT2D eigenvalue weighted by molar-refractivity contribution is 7.89. The van der Waals surface area contributed by atoms with E-state index in [4.69, 9.17) is 5.73 Å². The lowest BCUT2D eigenvalue weighted by Crippen LogP contribution is -2.34. The van der Waals surface area contributed by atoms with Crippen molar-refractivity contribution in [2.75, 3.05) is 12.3 Å². The highest BCUT2D eigenvalue weighted by atomic mass is 32.2. The molecular formula is C15H26N2O3S. The van der Waals surface area contributed by atoms with E-state index in [2.05, 4.69) is 4.72 Å². The Kier molecular flexibility index (Phi) is 5.41. The molecule has 0 aliphatic carbocycles. The molecule has 0 amide bonds. The average molecular weight is 314 g/mol. The number of nitrogens with one attached hydrogen (secondary N) is 1. The summed E-state index contributed by atoms with van der Waals surface area (Å²) >= 11 is 0. The van der Waals surface area contributed by atoms with Gasteiger partial charge in [0.05, 0.1) is 11.0 Å². The first-order valence-corrected chi connectivity index (χ1v) is 8.45. The maximum atomic E-state index is 12.3. The van der Waals surface area contributed by atoms with Gasteiger partial charge in [-0.15, -0.1) is 0 Å². The quantitative estimate of drug-likeness (QED) is 0.724. The fraction of sp³-hybridized carbons (Fsp3) is 0.600. The van der Waals surface area contributed by atoms with Crippen molar-refractivity contribution in [2.45, 2.75) is 52.0 Å². The molecule has 0 heterocycles. The van der Waals surface area contributed by atoms with Gasteiger partial charge in [-0.2, -0.15) is 0 Å². The van der Waals surface area contributed by atoms with Crippen LogP contribution in [-0.2, 0) is 10.0 Å². The summed E-state index contributed by atoms with van der Waals surface area (Å²) in [4.78, 5) is 0.169. The summed E-state index contributed by atoms with van der Waals surface area (Å²) in [6.45, 7) is 9.54. The summed E-state index contributed by atoms with van der Waals surface area (Å²) in [6.07, 6.45) is -0.202. The molecule has 0 saturated heterocycles. The zero-order chi connectivity index (χ0) is 16.4. The van der Waals surface area contributed by atoms with E-state index in [0.717, 1.165) is 5.56 Å². The molecule has 0 bridgehead atoms. The lowest BCUT2D eigenvalue weighted by Gasteiger charge is -2.22. The van der Waals surface area contributed by atoms with Gasteiger partial charge in [-0.3, -0.25) is 0 Å². The van der Waals surface area contributed by atoms with Gasteiger partial charge in [-0.25, -0.2) is 13.1 Å². The van der Waals surface area contributed by atoms with Crippen LogP contribution in [0.2, 0.25) is 0 Å². The number of aliphatic hydroxyl groups is 1. The molecule has 21 heavy (non-hydrogen) atoms. The minimum Gasteiger partial charge on any atom is -0.399 e. The zero-order valence-corrected chi connectivity index (χ0v) is 14.2. The minimum atomic E-state index is -3.68. The topological polar surface area (TPSA) is 92.4 Å². The Balaban J connectivity index is 2.88. The molecule has 1 atom stereocenters. The Bertz CT molecular complexity index is 604. The molecule has 1 aromatic carbocycles. The summed E-state index contributed by atoms with van der Waals surface area (Å²) in [5, 5.41) is 9.92. The van der Waals surface area contributed by atoms with Crippen LogP contribution < -0.4 is 10.5 Å². The van der Waals surface area contributed by atoms with Gasteiger partial charge in [0.1, 0.15) is 0 Å². The average Bonchev–Trinajstić information content (AvgIpc) is 2.29. The highest BCUT2D eigenvalue weighted by Gasteiger charge is 2.22. The second-order valence-electron chi connectivity index (χ2n) is 6.73. The van der Waals surface area contributed by atoms with E-state index in [9.17, 15) is 13.5 Å². The SMILES string of the molecule is Cc1cc(N)cc(S(=O)(=O)NCC(O)CC(C)(C)C)c1C. The fourth-order valence-electron chi connectivity index (χ4n) is 2.20. The van der Waals surface area contributed by atoms with Crippen molar-refractivity contribution >= 4 is 15.7 Å². The molecule has 0 aliphatic rings. The number of hydrogen-bond donors (Lipinski definition) is 3. The number of hydrogen-bond acceptors (Lipinski definition) is 4. The third kappa shape index (κ3) is 5.30. The second-order valence-corrected chi connectivity index (χ2v) is 8.47. The van der Waals surface area contributed by atoms with Gasteiger partial charge in [0.25, 0.3) is 0 Å². The van der Waals surface area contributed by atoms with Crippen molar-refractivity contribution in [2.24, 2.45) is 5.41 Å². The van der Waals surface area contributed by atoms with Gasteiger partial charge in [0.15, 0.2) is 0 Å². The summed E-state index contributed by atoms with van der Waals surface area (Å²) in [5.74, 6) is 0. The Morgan fingerprint density at radius 1 is 1.29 bits per heavy atom. The molecule has 1 aromatic rings. The molecule has 0 aliphatic heterocycles. The van der Waals surface area contributed by atoms with Gasteiger partial charge >= 0.3 is 0 Å². The van der Waals surface area contributed by atoms with Gasteiger partial charge in [-0.05, 0) is 48.9 Å². The number of sulfonamides is 1. The van der Waals surface area contributed by atoms with Gasteiger partial charge in [-0.1, -0.05) is 20.8 Å². The number of benzene rings is 1. The normalized spacial score (nSPS) is 14.2. The van der Waals surface area contributed by atoms with Gasteiger partial charge < -0.3 is 10.8 Å². The number of aliphatic hydroxyl groups excluding tert-OH is 1. The highest BCUT2D eigenvalue weighted by Crippen LogP contribution is 2.23. The predicted molar refractivity (Wildman–Crippen MR) is 85.6 cm³/mol. The standard InChI is InChI=1S/C15H26N2O3S/c1-10-6-12(16)7-14(11(10)2)21(19,20)17-9-13(18)8-15(3,4)5/h6-7,13,17-18H,8-9,16H2,1-5H3. The lowest BCUT2D eigenvalue weighted by atomic mass is 9.89. The van der Waals surface area contributed by atoms with Crippen molar-refractivity contribution in [1.82, 2.24) is 4.72 Å². The molecule has 1 rings (SSSR count). The van der Waals surface area contributed by atoms with E-state index < -0.39 is 16.1 Å². The van der Waals surface area contributed by atoms with E-state index in [1.54, 1.807) is 13.0 Å². The minimum absolute atomic E-state index is 0.00705. The van der Waals surface area contributed by atoms with E-state index in [1.807, 2.05) is 27.7 Å². The Morgan fingerprint density at radius 2 is 1.86 bits per heavy atom. The monoisotopic (exact) mass is 314 g/mol. The molecular weight excluding hydrogens is 288 g/mol. The van der Waals surface area contributed by atoms with Crippen LogP contribution in [0.25, 0.3) is 0 Å². The predicted octanol–water partition coefficient (Wildman–Crippen LogP) is 1.96. The first-order valence-electron chi connectivity index (χ1n) is 6.97. The first kappa shape index (κ1) is 17.9. The van der Waals surface area contributed by atoms with Crippen molar-refractivity contribution in [3.05, 3.63) is 23.3 Å². The number of rotatable bonds is 5. The van der Waals surface area contributed by atoms with Crippen molar-refractivity contribution in [1.29, 1.82) is 0 Å². The van der Waals surface area contributed by atoms with Crippen LogP contribution in [0.5, 0.6) is 0 Å². The van der Waals surface area contributed by atoms with Crippen LogP contribution in [0.1, 0.15) is 38.3 Å². The van der Waals surface area contributed by atoms with Gasteiger partial charge in [0, 0.05) is 12.2 Å². The third-order valence-corrected chi connectivity index (χ3v) is 4.84. The molecule has 1 unspecified atom stereocenters. The Morgan fingerprint density at radius 3 is 2.38 bits per heavy atom. The van der Waals surface area contributed by atoms with E-state index >= 15 is 0 Å². The summed E-state index contributed by atoms with van der Waals surface area (Å²) in [7, 11) is -3.68. The van der Waals surface area contributed by atoms with E-state index in [1.165, 1.54) is 6.07 Å². The smallest absolute Gasteiger partial charge is 0.241 e. The molecule has 0 radical (unpaired) electrons. The number of aryl methyl sites for hydroxylation is 1. The van der Waals surface area contributed by atoms with Crippen LogP contribution >= 0.6 is 0 Å². The maximum absolute atomic E-state index is 12.3. The van der Waals surface area contributed by atoms with E-state index in [-0.39, 0.29) is 16.9 Å². The van der Waals surface area contributed by atoms with Crippen molar-refractivity contribution < 1.29 is 13.5 Å². The third-order valence-electron chi connectivity index (χ3n) is 3.29. The van der Waals surface area contributed by atoms with Crippen molar-refractivity contribution in [3.8, 4) is 0 Å². The van der Waals surface area contributed by atoms with Gasteiger partial charge in [0.2, 0.25) is 10.0 Å². The number of nitrogens with two attached hydrogens (primary N) is 1. The van der Waals surface area contributed by atoms with Crippen LogP contribution in [0, 0.1) is 19.3 Å². The second kappa shape index (κ2) is 6.34. The van der Waals surface area contributed by atoms with E-state index in [0.29, 0.717) is 17.7 Å². The largest absolute Gasteiger partial charge is 0.399 e. The molecule has 0 spiro atoms. The lowest BCUT2D eigenvalue weighted by molar-refractivity contribution is 0.125. The van der Waals surface area contributed by atoms with Crippen LogP contribution in [0.4, 0.5) is 5.69 Å². The first-order chi connectivity index (χ1) is 9.42.